The molecule has 0 saturated carbocycles. The zero-order valence-corrected chi connectivity index (χ0v) is 10.8. The third-order valence-corrected chi connectivity index (χ3v) is 3.49. The Labute approximate surface area is 99.6 Å². The first-order valence-electron chi connectivity index (χ1n) is 5.34. The molecule has 0 aliphatic carbocycles. The monoisotopic (exact) mass is 301 g/mol. The van der Waals surface area contributed by atoms with Gasteiger partial charge in [-0.1, -0.05) is 13.3 Å². The number of benzene rings is 1. The van der Waals surface area contributed by atoms with E-state index in [1.807, 2.05) is 0 Å². The van der Waals surface area contributed by atoms with Crippen LogP contribution < -0.4 is 4.90 Å². The van der Waals surface area contributed by atoms with Crippen molar-refractivity contribution >= 4 is 28.3 Å². The predicted octanol–water partition coefficient (Wildman–Crippen LogP) is 3.45. The number of hydrogen-bond acceptors (Lipinski definition) is 1. The lowest BCUT2D eigenvalue weighted by Crippen LogP contribution is -2.21. The second-order valence-corrected chi connectivity index (χ2v) is 5.11. The lowest BCUT2D eigenvalue weighted by molar-refractivity contribution is 0.736. The Hall–Kier alpha value is -0.250. The maximum Gasteiger partial charge on any atom is 0.0400 e. The summed E-state index contributed by atoms with van der Waals surface area (Å²) in [6.45, 7) is 4.70. The van der Waals surface area contributed by atoms with Crippen molar-refractivity contribution in [1.82, 2.24) is 0 Å². The molecule has 0 unspecified atom stereocenters. The van der Waals surface area contributed by atoms with Crippen molar-refractivity contribution in [2.24, 2.45) is 0 Å². The Morgan fingerprint density at radius 3 is 3.07 bits per heavy atom. The molecular weight excluding hydrogens is 285 g/mol. The Kier molecular flexibility index (Phi) is 3.31. The van der Waals surface area contributed by atoms with E-state index in [2.05, 4.69) is 52.6 Å². The summed E-state index contributed by atoms with van der Waals surface area (Å²) in [6, 6.07) is 6.81. The van der Waals surface area contributed by atoms with Gasteiger partial charge in [0.1, 0.15) is 0 Å². The van der Waals surface area contributed by atoms with Crippen LogP contribution in [0.15, 0.2) is 18.2 Å². The summed E-state index contributed by atoms with van der Waals surface area (Å²) < 4.78 is 1.36. The lowest BCUT2D eigenvalue weighted by Gasteiger charge is -2.18. The molecule has 0 aromatic heterocycles. The van der Waals surface area contributed by atoms with E-state index >= 15 is 0 Å². The molecule has 0 spiro atoms. The molecule has 0 saturated heterocycles. The SMILES string of the molecule is CCCCN1CCc2cc(I)ccc21. The molecule has 0 fully saturated rings. The van der Waals surface area contributed by atoms with Crippen LogP contribution in [0.1, 0.15) is 25.3 Å². The van der Waals surface area contributed by atoms with Crippen LogP contribution in [0, 0.1) is 3.57 Å². The maximum absolute atomic E-state index is 2.52. The molecule has 1 heterocycles. The first kappa shape index (κ1) is 10.3. The van der Waals surface area contributed by atoms with Gasteiger partial charge in [0.2, 0.25) is 0 Å². The minimum Gasteiger partial charge on any atom is -0.371 e. The zero-order valence-electron chi connectivity index (χ0n) is 8.59. The van der Waals surface area contributed by atoms with Crippen LogP contribution in [0.3, 0.4) is 0 Å². The fourth-order valence-corrected chi connectivity index (χ4v) is 2.58. The van der Waals surface area contributed by atoms with Crippen LogP contribution in [0.4, 0.5) is 5.69 Å². The third kappa shape index (κ3) is 2.05. The Bertz CT molecular complexity index is 322. The molecule has 0 N–H and O–H groups in total. The number of anilines is 1. The summed E-state index contributed by atoms with van der Waals surface area (Å²) in [6.07, 6.45) is 3.83. The normalized spacial score (nSPS) is 14.6. The van der Waals surface area contributed by atoms with Crippen molar-refractivity contribution in [3.63, 3.8) is 0 Å². The third-order valence-electron chi connectivity index (χ3n) is 2.81. The minimum atomic E-state index is 1.22. The smallest absolute Gasteiger partial charge is 0.0400 e. The molecule has 1 aromatic rings. The topological polar surface area (TPSA) is 3.24 Å². The molecule has 2 heteroatoms. The minimum absolute atomic E-state index is 1.22. The fourth-order valence-electron chi connectivity index (χ4n) is 2.02. The average Bonchev–Trinajstić information content (AvgIpc) is 2.57. The van der Waals surface area contributed by atoms with Gasteiger partial charge in [-0.25, -0.2) is 0 Å². The standard InChI is InChI=1S/C12H16IN/c1-2-3-7-14-8-6-10-9-11(13)4-5-12(10)14/h4-5,9H,2-3,6-8H2,1H3. The van der Waals surface area contributed by atoms with Gasteiger partial charge in [-0.3, -0.25) is 0 Å². The van der Waals surface area contributed by atoms with Crippen molar-refractivity contribution in [2.75, 3.05) is 18.0 Å². The van der Waals surface area contributed by atoms with Crippen molar-refractivity contribution < 1.29 is 0 Å². The molecule has 0 radical (unpaired) electrons. The van der Waals surface area contributed by atoms with Crippen molar-refractivity contribution in [3.05, 3.63) is 27.3 Å². The summed E-state index contributed by atoms with van der Waals surface area (Å²) in [5.41, 5.74) is 3.01. The maximum atomic E-state index is 2.52. The number of nitrogens with zero attached hydrogens (tertiary/aromatic N) is 1. The number of fused-ring (bicyclic) bond motifs is 1. The highest BCUT2D eigenvalue weighted by Crippen LogP contribution is 2.29. The summed E-state index contributed by atoms with van der Waals surface area (Å²) in [5, 5.41) is 0. The van der Waals surface area contributed by atoms with Crippen molar-refractivity contribution in [3.8, 4) is 0 Å². The van der Waals surface area contributed by atoms with Crippen molar-refractivity contribution in [2.45, 2.75) is 26.2 Å². The molecule has 2 rings (SSSR count). The summed E-state index contributed by atoms with van der Waals surface area (Å²) in [5.74, 6) is 0. The summed E-state index contributed by atoms with van der Waals surface area (Å²) in [4.78, 5) is 2.52. The van der Waals surface area contributed by atoms with Gasteiger partial charge in [-0.2, -0.15) is 0 Å². The largest absolute Gasteiger partial charge is 0.371 e. The Balaban J connectivity index is 2.14. The van der Waals surface area contributed by atoms with Crippen LogP contribution in [0.5, 0.6) is 0 Å². The molecule has 1 aliphatic rings. The summed E-state index contributed by atoms with van der Waals surface area (Å²) >= 11 is 2.39. The highest BCUT2D eigenvalue weighted by Gasteiger charge is 2.17. The van der Waals surface area contributed by atoms with Gasteiger partial charge in [-0.15, -0.1) is 0 Å². The van der Waals surface area contributed by atoms with Gasteiger partial charge in [0.25, 0.3) is 0 Å². The molecule has 1 aliphatic heterocycles. The van der Waals surface area contributed by atoms with E-state index in [4.69, 9.17) is 0 Å². The predicted molar refractivity (Wildman–Crippen MR) is 70.0 cm³/mol. The van der Waals surface area contributed by atoms with Crippen LogP contribution in [-0.2, 0) is 6.42 Å². The fraction of sp³-hybridized carbons (Fsp3) is 0.500. The quantitative estimate of drug-likeness (QED) is 0.773. The van der Waals surface area contributed by atoms with Crippen LogP contribution in [0.2, 0.25) is 0 Å². The molecule has 0 amide bonds. The number of halogens is 1. The number of unbranched alkanes of at least 4 members (excludes halogenated alkanes) is 1. The second-order valence-electron chi connectivity index (χ2n) is 3.86. The zero-order chi connectivity index (χ0) is 9.97. The molecule has 1 aromatic carbocycles. The first-order valence-corrected chi connectivity index (χ1v) is 6.42. The van der Waals surface area contributed by atoms with Gasteiger partial charge in [-0.05, 0) is 59.2 Å². The summed E-state index contributed by atoms with van der Waals surface area (Å²) in [7, 11) is 0. The molecule has 76 valence electrons. The number of rotatable bonds is 3. The molecule has 1 nitrogen and oxygen atoms in total. The lowest BCUT2D eigenvalue weighted by atomic mass is 10.2. The molecule has 14 heavy (non-hydrogen) atoms. The second kappa shape index (κ2) is 4.51. The van der Waals surface area contributed by atoms with Crippen molar-refractivity contribution in [1.29, 1.82) is 0 Å². The molecule has 0 atom stereocenters. The Morgan fingerprint density at radius 2 is 2.29 bits per heavy atom. The highest BCUT2D eigenvalue weighted by atomic mass is 127. The van der Waals surface area contributed by atoms with Crippen LogP contribution in [-0.4, -0.2) is 13.1 Å². The first-order chi connectivity index (χ1) is 6.81. The molecular formula is C12H16IN. The van der Waals surface area contributed by atoms with Crippen LogP contribution >= 0.6 is 22.6 Å². The van der Waals surface area contributed by atoms with E-state index in [-0.39, 0.29) is 0 Å². The Morgan fingerprint density at radius 1 is 1.43 bits per heavy atom. The van der Waals surface area contributed by atoms with E-state index < -0.39 is 0 Å². The van der Waals surface area contributed by atoms with E-state index in [0.29, 0.717) is 0 Å². The van der Waals surface area contributed by atoms with E-state index in [0.717, 1.165) is 0 Å². The number of hydrogen-bond donors (Lipinski definition) is 0. The van der Waals surface area contributed by atoms with Crippen LogP contribution in [0.25, 0.3) is 0 Å². The average molecular weight is 301 g/mol. The van der Waals surface area contributed by atoms with Gasteiger partial charge in [0.15, 0.2) is 0 Å². The van der Waals surface area contributed by atoms with E-state index in [1.165, 1.54) is 47.2 Å². The van der Waals surface area contributed by atoms with Gasteiger partial charge >= 0.3 is 0 Å². The van der Waals surface area contributed by atoms with E-state index in [9.17, 15) is 0 Å². The van der Waals surface area contributed by atoms with E-state index in [1.54, 1.807) is 0 Å². The molecule has 0 bridgehead atoms. The highest BCUT2D eigenvalue weighted by molar-refractivity contribution is 14.1. The van der Waals surface area contributed by atoms with Gasteiger partial charge in [0.05, 0.1) is 0 Å². The van der Waals surface area contributed by atoms with Gasteiger partial charge in [0, 0.05) is 22.3 Å². The van der Waals surface area contributed by atoms with Gasteiger partial charge < -0.3 is 4.90 Å².